The number of rotatable bonds is 19. The summed E-state index contributed by atoms with van der Waals surface area (Å²) in [7, 11) is 1.23. The molecule has 53 heavy (non-hydrogen) atoms. The molecule has 0 spiro atoms. The zero-order valence-electron chi connectivity index (χ0n) is 32.3. The van der Waals surface area contributed by atoms with E-state index in [4.69, 9.17) is 14.2 Å². The molecule has 0 aromatic heterocycles. The van der Waals surface area contributed by atoms with Crippen LogP contribution in [0.3, 0.4) is 0 Å². The Hall–Kier alpha value is -4.98. The second-order valence-electron chi connectivity index (χ2n) is 14.4. The van der Waals surface area contributed by atoms with Gasteiger partial charge in [-0.05, 0) is 50.2 Å². The molecule has 0 radical (unpaired) electrons. The number of nitrogens with one attached hydrogen (secondary N) is 5. The zero-order chi connectivity index (χ0) is 39.7. The molecule has 14 heteroatoms. The minimum Gasteiger partial charge on any atom is -0.467 e. The van der Waals surface area contributed by atoms with Crippen LogP contribution in [-0.2, 0) is 51.2 Å². The number of amides is 5. The van der Waals surface area contributed by atoms with E-state index in [-0.39, 0.29) is 32.0 Å². The number of carbonyl (C=O) groups excluding carboxylic acids is 6. The summed E-state index contributed by atoms with van der Waals surface area (Å²) < 4.78 is 16.1. The highest BCUT2D eigenvalue weighted by Crippen LogP contribution is 2.11. The number of alkyl carbamates (subject to hydrolysis) is 1. The van der Waals surface area contributed by atoms with Gasteiger partial charge in [0.25, 0.3) is 0 Å². The third kappa shape index (κ3) is 15.7. The van der Waals surface area contributed by atoms with Gasteiger partial charge in [-0.3, -0.25) is 19.2 Å². The summed E-state index contributed by atoms with van der Waals surface area (Å²) in [6.45, 7) is 13.6. The maximum atomic E-state index is 13.8. The SMILES string of the molecule is CC[C@H](NC(=O)[C@@H](NC(=O)OC(C)(C)C)C(C)C)C(=O)N[C@H](COCc1ccccc1)C(=O)N[C@@H](C(=O)N[C@@H](Cc1ccccc1)C(=O)OC)C(C)C. The molecule has 0 aliphatic carbocycles. The summed E-state index contributed by atoms with van der Waals surface area (Å²) in [6, 6.07) is 12.8. The Bertz CT molecular complexity index is 1500. The van der Waals surface area contributed by atoms with Crippen LogP contribution in [0.25, 0.3) is 0 Å². The van der Waals surface area contributed by atoms with E-state index < -0.39 is 77.4 Å². The van der Waals surface area contributed by atoms with E-state index in [2.05, 4.69) is 26.6 Å². The van der Waals surface area contributed by atoms with Crippen molar-refractivity contribution in [3.05, 3.63) is 71.8 Å². The van der Waals surface area contributed by atoms with E-state index in [9.17, 15) is 28.8 Å². The first-order valence-electron chi connectivity index (χ1n) is 17.9. The summed E-state index contributed by atoms with van der Waals surface area (Å²) >= 11 is 0. The number of hydrogen-bond donors (Lipinski definition) is 5. The van der Waals surface area contributed by atoms with Crippen molar-refractivity contribution in [3.63, 3.8) is 0 Å². The Morgan fingerprint density at radius 2 is 1.09 bits per heavy atom. The average molecular weight is 740 g/mol. The highest BCUT2D eigenvalue weighted by molar-refractivity contribution is 5.96. The maximum Gasteiger partial charge on any atom is 0.408 e. The summed E-state index contributed by atoms with van der Waals surface area (Å²) in [6.07, 6.45) is -0.460. The standard InChI is InChI=1S/C39H57N5O9/c1-10-28(40-36(48)32(25(4)5)44-38(50)53-39(6,7)8)33(45)42-30(23-52-22-27-19-15-12-16-20-27)34(46)43-31(24(2)3)35(47)41-29(37(49)51-9)21-26-17-13-11-14-18-26/h11-20,24-25,28-32H,10,21-23H2,1-9H3,(H,40,48)(H,41,47)(H,42,45)(H,43,46)(H,44,50)/t28-,29-,30+,31+,32-/m0/s1. The first kappa shape index (κ1) is 44.2. The van der Waals surface area contributed by atoms with Crippen molar-refractivity contribution < 1.29 is 43.0 Å². The Balaban J connectivity index is 2.26. The maximum absolute atomic E-state index is 13.8. The molecule has 0 saturated carbocycles. The van der Waals surface area contributed by atoms with Gasteiger partial charge in [-0.15, -0.1) is 0 Å². The fourth-order valence-corrected chi connectivity index (χ4v) is 5.14. The van der Waals surface area contributed by atoms with Gasteiger partial charge in [-0.2, -0.15) is 0 Å². The molecule has 2 aromatic rings. The first-order valence-corrected chi connectivity index (χ1v) is 17.9. The number of methoxy groups -OCH3 is 1. The predicted molar refractivity (Wildman–Crippen MR) is 199 cm³/mol. The third-order valence-corrected chi connectivity index (χ3v) is 8.02. The third-order valence-electron chi connectivity index (χ3n) is 8.02. The van der Waals surface area contributed by atoms with E-state index in [1.165, 1.54) is 7.11 Å². The quantitative estimate of drug-likeness (QED) is 0.135. The average Bonchev–Trinajstić information content (AvgIpc) is 3.10. The highest BCUT2D eigenvalue weighted by Gasteiger charge is 2.34. The van der Waals surface area contributed by atoms with Crippen LogP contribution in [0.15, 0.2) is 60.7 Å². The fraction of sp³-hybridized carbons (Fsp3) is 0.538. The minimum atomic E-state index is -1.28. The van der Waals surface area contributed by atoms with Gasteiger partial charge in [-0.25, -0.2) is 9.59 Å². The van der Waals surface area contributed by atoms with Crippen LogP contribution in [0.1, 0.15) is 72.9 Å². The molecule has 0 aliphatic heterocycles. The molecule has 0 bridgehead atoms. The summed E-state index contributed by atoms with van der Waals surface area (Å²) in [5, 5.41) is 13.3. The van der Waals surface area contributed by atoms with Gasteiger partial charge in [0.2, 0.25) is 23.6 Å². The van der Waals surface area contributed by atoms with E-state index in [0.29, 0.717) is 0 Å². The van der Waals surface area contributed by atoms with E-state index in [1.54, 1.807) is 55.4 Å². The van der Waals surface area contributed by atoms with Crippen molar-refractivity contribution in [1.82, 2.24) is 26.6 Å². The number of benzene rings is 2. The summed E-state index contributed by atoms with van der Waals surface area (Å²) in [4.78, 5) is 79.5. The summed E-state index contributed by atoms with van der Waals surface area (Å²) in [5.74, 6) is -4.05. The van der Waals surface area contributed by atoms with Crippen LogP contribution in [-0.4, -0.2) is 85.2 Å². The summed E-state index contributed by atoms with van der Waals surface area (Å²) in [5.41, 5.74) is 0.845. The molecule has 2 rings (SSSR count). The second kappa shape index (κ2) is 21.5. The molecule has 0 saturated heterocycles. The van der Waals surface area contributed by atoms with Crippen molar-refractivity contribution in [2.24, 2.45) is 11.8 Å². The lowest BCUT2D eigenvalue weighted by Gasteiger charge is -2.28. The van der Waals surface area contributed by atoms with Crippen molar-refractivity contribution in [2.45, 2.75) is 111 Å². The molecular weight excluding hydrogens is 682 g/mol. The number of hydrogen-bond acceptors (Lipinski definition) is 9. The van der Waals surface area contributed by atoms with Gasteiger partial charge in [0, 0.05) is 6.42 Å². The van der Waals surface area contributed by atoms with Gasteiger partial charge < -0.3 is 40.8 Å². The van der Waals surface area contributed by atoms with Gasteiger partial charge in [0.1, 0.15) is 35.8 Å². The number of ether oxygens (including phenoxy) is 3. The Morgan fingerprint density at radius 3 is 1.58 bits per heavy atom. The normalized spacial score (nSPS) is 14.2. The largest absolute Gasteiger partial charge is 0.467 e. The minimum absolute atomic E-state index is 0.134. The highest BCUT2D eigenvalue weighted by atomic mass is 16.6. The van der Waals surface area contributed by atoms with Crippen LogP contribution in [0.2, 0.25) is 0 Å². The van der Waals surface area contributed by atoms with Crippen molar-refractivity contribution in [1.29, 1.82) is 0 Å². The van der Waals surface area contributed by atoms with Crippen LogP contribution >= 0.6 is 0 Å². The fourth-order valence-electron chi connectivity index (χ4n) is 5.14. The molecule has 0 heterocycles. The molecule has 5 atom stereocenters. The zero-order valence-corrected chi connectivity index (χ0v) is 32.3. The number of carbonyl (C=O) groups is 6. The number of esters is 1. The second-order valence-corrected chi connectivity index (χ2v) is 14.4. The molecule has 0 fully saturated rings. The lowest BCUT2D eigenvalue weighted by Crippen LogP contribution is -2.61. The Labute approximate surface area is 312 Å². The van der Waals surface area contributed by atoms with Crippen LogP contribution in [0, 0.1) is 11.8 Å². The first-order chi connectivity index (χ1) is 24.9. The molecule has 2 aromatic carbocycles. The van der Waals surface area contributed by atoms with Crippen LogP contribution in [0.4, 0.5) is 4.79 Å². The smallest absolute Gasteiger partial charge is 0.408 e. The molecule has 5 amide bonds. The molecule has 0 unspecified atom stereocenters. The van der Waals surface area contributed by atoms with Gasteiger partial charge >= 0.3 is 12.1 Å². The van der Waals surface area contributed by atoms with Crippen LogP contribution in [0.5, 0.6) is 0 Å². The van der Waals surface area contributed by atoms with E-state index in [0.717, 1.165) is 11.1 Å². The Morgan fingerprint density at radius 1 is 0.623 bits per heavy atom. The van der Waals surface area contributed by atoms with Gasteiger partial charge in [0.05, 0.1) is 20.3 Å². The van der Waals surface area contributed by atoms with Gasteiger partial charge in [0.15, 0.2) is 0 Å². The van der Waals surface area contributed by atoms with Crippen molar-refractivity contribution in [2.75, 3.05) is 13.7 Å². The molecule has 0 aliphatic rings. The lowest BCUT2D eigenvalue weighted by molar-refractivity contribution is -0.145. The molecule has 292 valence electrons. The van der Waals surface area contributed by atoms with E-state index >= 15 is 0 Å². The molecule has 5 N–H and O–H groups in total. The predicted octanol–water partition coefficient (Wildman–Crippen LogP) is 3.17. The van der Waals surface area contributed by atoms with Gasteiger partial charge in [-0.1, -0.05) is 95.3 Å². The van der Waals surface area contributed by atoms with Crippen molar-refractivity contribution in [3.8, 4) is 0 Å². The molecule has 14 nitrogen and oxygen atoms in total. The van der Waals surface area contributed by atoms with Crippen molar-refractivity contribution >= 4 is 35.7 Å². The molecular formula is C39H57N5O9. The topological polar surface area (TPSA) is 190 Å². The monoisotopic (exact) mass is 739 g/mol. The Kier molecular flexibility index (Phi) is 17.9. The van der Waals surface area contributed by atoms with Crippen LogP contribution < -0.4 is 26.6 Å². The lowest BCUT2D eigenvalue weighted by atomic mass is 10.0. The van der Waals surface area contributed by atoms with E-state index in [1.807, 2.05) is 60.7 Å².